The van der Waals surface area contributed by atoms with Crippen LogP contribution in [0, 0.1) is 0 Å². The van der Waals surface area contributed by atoms with E-state index < -0.39 is 0 Å². The number of benzene rings is 1. The van der Waals surface area contributed by atoms with Gasteiger partial charge in [-0.2, -0.15) is 0 Å². The molecule has 120 valence electrons. The lowest BCUT2D eigenvalue weighted by atomic mass is 10.0. The van der Waals surface area contributed by atoms with Crippen molar-refractivity contribution in [3.8, 4) is 0 Å². The van der Waals surface area contributed by atoms with Crippen LogP contribution in [0.2, 0.25) is 5.02 Å². The number of hydrogen-bond acceptors (Lipinski definition) is 4. The Labute approximate surface area is 144 Å². The summed E-state index contributed by atoms with van der Waals surface area (Å²) in [6, 6.07) is 10.7. The van der Waals surface area contributed by atoms with Crippen LogP contribution >= 0.6 is 23.4 Å². The van der Waals surface area contributed by atoms with Crippen molar-refractivity contribution in [2.75, 3.05) is 5.75 Å². The molecule has 0 aliphatic rings. The topological polar surface area (TPSA) is 59.1 Å². The number of halogens is 1. The largest absolute Gasteiger partial charge is 0.350 e. The lowest BCUT2D eigenvalue weighted by Crippen LogP contribution is -2.23. The predicted octanol–water partition coefficient (Wildman–Crippen LogP) is 3.91. The van der Waals surface area contributed by atoms with E-state index in [2.05, 4.69) is 10.3 Å². The van der Waals surface area contributed by atoms with Gasteiger partial charge < -0.3 is 5.32 Å². The fourth-order valence-corrected chi connectivity index (χ4v) is 3.10. The summed E-state index contributed by atoms with van der Waals surface area (Å²) in [5.41, 5.74) is 1.58. The highest BCUT2D eigenvalue weighted by molar-refractivity contribution is 8.00. The SMILES string of the molecule is CC(=O)NC(C)c1ccc(C(=O)CSc2ncccc2Cl)cc1. The molecule has 0 radical (unpaired) electrons. The van der Waals surface area contributed by atoms with Crippen LogP contribution < -0.4 is 5.32 Å². The molecule has 2 aromatic rings. The molecule has 0 aliphatic carbocycles. The third-order valence-corrected chi connectivity index (χ3v) is 4.64. The summed E-state index contributed by atoms with van der Waals surface area (Å²) in [7, 11) is 0. The summed E-state index contributed by atoms with van der Waals surface area (Å²) in [5.74, 6) is 0.203. The van der Waals surface area contributed by atoms with Crippen molar-refractivity contribution in [1.82, 2.24) is 10.3 Å². The lowest BCUT2D eigenvalue weighted by Gasteiger charge is -2.13. The van der Waals surface area contributed by atoms with Crippen LogP contribution in [0.4, 0.5) is 0 Å². The Balaban J connectivity index is 1.97. The van der Waals surface area contributed by atoms with Crippen LogP contribution in [0.5, 0.6) is 0 Å². The quantitative estimate of drug-likeness (QED) is 0.635. The summed E-state index contributed by atoms with van der Waals surface area (Å²) in [4.78, 5) is 27.4. The molecule has 23 heavy (non-hydrogen) atoms. The Hall–Kier alpha value is -1.85. The molecule has 0 fully saturated rings. The van der Waals surface area contributed by atoms with Crippen molar-refractivity contribution in [1.29, 1.82) is 0 Å². The molecule has 1 aromatic carbocycles. The second kappa shape index (κ2) is 8.13. The van der Waals surface area contributed by atoms with Gasteiger partial charge in [0.05, 0.1) is 16.8 Å². The Morgan fingerprint density at radius 1 is 1.26 bits per heavy atom. The highest BCUT2D eigenvalue weighted by Gasteiger charge is 2.11. The van der Waals surface area contributed by atoms with Crippen LogP contribution in [0.3, 0.4) is 0 Å². The Kier molecular flexibility index (Phi) is 6.19. The minimum atomic E-state index is -0.0849. The average molecular weight is 349 g/mol. The van der Waals surface area contributed by atoms with Gasteiger partial charge in [0, 0.05) is 18.7 Å². The number of aromatic nitrogens is 1. The van der Waals surface area contributed by atoms with Gasteiger partial charge in [0.2, 0.25) is 5.91 Å². The summed E-state index contributed by atoms with van der Waals surface area (Å²) >= 11 is 7.34. The van der Waals surface area contributed by atoms with Gasteiger partial charge in [0.25, 0.3) is 0 Å². The molecule has 6 heteroatoms. The maximum atomic E-state index is 12.2. The third-order valence-electron chi connectivity index (χ3n) is 3.22. The first-order valence-corrected chi connectivity index (χ1v) is 8.47. The molecule has 1 unspecified atom stereocenters. The first-order chi connectivity index (χ1) is 11.0. The van der Waals surface area contributed by atoms with E-state index in [9.17, 15) is 9.59 Å². The Bertz CT molecular complexity index is 704. The van der Waals surface area contributed by atoms with Gasteiger partial charge in [-0.25, -0.2) is 4.98 Å². The van der Waals surface area contributed by atoms with E-state index in [0.29, 0.717) is 15.6 Å². The second-order valence-corrected chi connectivity index (χ2v) is 6.42. The summed E-state index contributed by atoms with van der Waals surface area (Å²) in [6.45, 7) is 3.38. The molecule has 1 N–H and O–H groups in total. The van der Waals surface area contributed by atoms with Crippen molar-refractivity contribution < 1.29 is 9.59 Å². The minimum absolute atomic E-state index is 0.00968. The normalized spacial score (nSPS) is 11.8. The first kappa shape index (κ1) is 17.5. The molecule has 1 amide bonds. The Morgan fingerprint density at radius 3 is 2.57 bits per heavy atom. The number of amides is 1. The number of thioether (sulfide) groups is 1. The number of carbonyl (C=O) groups is 2. The summed E-state index contributed by atoms with van der Waals surface area (Å²) in [6.07, 6.45) is 1.65. The molecule has 1 atom stereocenters. The molecule has 0 spiro atoms. The van der Waals surface area contributed by atoms with Crippen molar-refractivity contribution >= 4 is 35.1 Å². The van der Waals surface area contributed by atoms with Crippen molar-refractivity contribution in [3.63, 3.8) is 0 Å². The van der Waals surface area contributed by atoms with Crippen molar-refractivity contribution in [2.24, 2.45) is 0 Å². The average Bonchev–Trinajstić information content (AvgIpc) is 2.53. The molecular weight excluding hydrogens is 332 g/mol. The fraction of sp³-hybridized carbons (Fsp3) is 0.235. The maximum Gasteiger partial charge on any atom is 0.217 e. The molecule has 0 aliphatic heterocycles. The second-order valence-electron chi connectivity index (χ2n) is 5.05. The zero-order valence-electron chi connectivity index (χ0n) is 12.9. The van der Waals surface area contributed by atoms with E-state index in [1.807, 2.05) is 19.1 Å². The smallest absolute Gasteiger partial charge is 0.217 e. The highest BCUT2D eigenvalue weighted by Crippen LogP contribution is 2.25. The van der Waals surface area contributed by atoms with Crippen LogP contribution in [-0.4, -0.2) is 22.4 Å². The number of hydrogen-bond donors (Lipinski definition) is 1. The van der Waals surface area contributed by atoms with E-state index in [1.54, 1.807) is 30.5 Å². The van der Waals surface area contributed by atoms with E-state index in [-0.39, 0.29) is 23.5 Å². The highest BCUT2D eigenvalue weighted by atomic mass is 35.5. The zero-order valence-corrected chi connectivity index (χ0v) is 14.4. The van der Waals surface area contributed by atoms with Crippen molar-refractivity contribution in [3.05, 3.63) is 58.7 Å². The fourth-order valence-electron chi connectivity index (χ4n) is 2.04. The van der Waals surface area contributed by atoms with E-state index in [0.717, 1.165) is 5.56 Å². The van der Waals surface area contributed by atoms with Gasteiger partial charge in [-0.1, -0.05) is 47.6 Å². The van der Waals surface area contributed by atoms with Crippen LogP contribution in [-0.2, 0) is 4.79 Å². The number of nitrogens with zero attached hydrogens (tertiary/aromatic N) is 1. The number of nitrogens with one attached hydrogen (secondary N) is 1. The predicted molar refractivity (Wildman–Crippen MR) is 93.0 cm³/mol. The maximum absolute atomic E-state index is 12.2. The summed E-state index contributed by atoms with van der Waals surface area (Å²) < 4.78 is 0. The minimum Gasteiger partial charge on any atom is -0.350 e. The molecule has 4 nitrogen and oxygen atoms in total. The molecule has 1 heterocycles. The van der Waals surface area contributed by atoms with E-state index in [4.69, 9.17) is 11.6 Å². The summed E-state index contributed by atoms with van der Waals surface area (Å²) in [5, 5.41) is 4.01. The molecule has 0 bridgehead atoms. The van der Waals surface area contributed by atoms with Gasteiger partial charge in [-0.3, -0.25) is 9.59 Å². The number of ketones is 1. The first-order valence-electron chi connectivity index (χ1n) is 7.11. The van der Waals surface area contributed by atoms with Gasteiger partial charge in [0.1, 0.15) is 5.03 Å². The van der Waals surface area contributed by atoms with Crippen LogP contribution in [0.15, 0.2) is 47.6 Å². The molecule has 1 aromatic heterocycles. The van der Waals surface area contributed by atoms with Crippen LogP contribution in [0.25, 0.3) is 0 Å². The zero-order chi connectivity index (χ0) is 16.8. The number of rotatable bonds is 6. The monoisotopic (exact) mass is 348 g/mol. The van der Waals surface area contributed by atoms with Gasteiger partial charge in [-0.15, -0.1) is 0 Å². The van der Waals surface area contributed by atoms with Gasteiger partial charge in [0.15, 0.2) is 5.78 Å². The van der Waals surface area contributed by atoms with Crippen LogP contribution in [0.1, 0.15) is 35.8 Å². The number of pyridine rings is 1. The van der Waals surface area contributed by atoms with Gasteiger partial charge >= 0.3 is 0 Å². The molecular formula is C17H17ClN2O2S. The Morgan fingerprint density at radius 2 is 1.96 bits per heavy atom. The molecule has 0 saturated heterocycles. The molecule has 2 rings (SSSR count). The van der Waals surface area contributed by atoms with Gasteiger partial charge in [-0.05, 0) is 24.6 Å². The van der Waals surface area contributed by atoms with Crippen molar-refractivity contribution in [2.45, 2.75) is 24.9 Å². The molecule has 0 saturated carbocycles. The lowest BCUT2D eigenvalue weighted by molar-refractivity contribution is -0.119. The van der Waals surface area contributed by atoms with E-state index in [1.165, 1.54) is 18.7 Å². The number of Topliss-reactive ketones (excluding diaryl/α,β-unsaturated/α-hetero) is 1. The third kappa shape index (κ3) is 5.08. The standard InChI is InChI=1S/C17H17ClN2O2S/c1-11(20-12(2)21)13-5-7-14(8-6-13)16(22)10-23-17-15(18)4-3-9-19-17/h3-9,11H,10H2,1-2H3,(H,20,21). The van der Waals surface area contributed by atoms with E-state index >= 15 is 0 Å². The number of carbonyl (C=O) groups excluding carboxylic acids is 2.